The van der Waals surface area contributed by atoms with Crippen molar-refractivity contribution in [2.75, 3.05) is 26.2 Å². The van der Waals surface area contributed by atoms with Crippen molar-refractivity contribution in [2.45, 2.75) is 45.1 Å². The van der Waals surface area contributed by atoms with Crippen LogP contribution in [0.2, 0.25) is 0 Å². The molecule has 7 heteroatoms. The number of furan rings is 1. The Balaban J connectivity index is 0.00000243. The van der Waals surface area contributed by atoms with Gasteiger partial charge in [0.25, 0.3) is 5.91 Å². The van der Waals surface area contributed by atoms with Crippen LogP contribution in [0.5, 0.6) is 0 Å². The average molecular weight is 384 g/mol. The van der Waals surface area contributed by atoms with E-state index in [1.165, 1.54) is 19.1 Å². The topological polar surface area (TPSA) is 74.6 Å². The van der Waals surface area contributed by atoms with Gasteiger partial charge in [-0.1, -0.05) is 6.92 Å². The van der Waals surface area contributed by atoms with E-state index in [1.54, 1.807) is 17.0 Å². The number of carbonyl (C=O) groups is 2. The van der Waals surface area contributed by atoms with E-state index in [4.69, 9.17) is 4.42 Å². The Bertz CT molecular complexity index is 565. The zero-order valence-corrected chi connectivity index (χ0v) is 16.2. The lowest BCUT2D eigenvalue weighted by Gasteiger charge is -2.32. The summed E-state index contributed by atoms with van der Waals surface area (Å²) in [5.74, 6) is 1.49. The van der Waals surface area contributed by atoms with Crippen LogP contribution in [0, 0.1) is 11.8 Å². The minimum Gasteiger partial charge on any atom is -0.459 e. The van der Waals surface area contributed by atoms with Gasteiger partial charge < -0.3 is 20.0 Å². The molecule has 0 saturated carbocycles. The van der Waals surface area contributed by atoms with Crippen molar-refractivity contribution in [1.29, 1.82) is 0 Å². The summed E-state index contributed by atoms with van der Waals surface area (Å²) in [4.78, 5) is 26.4. The molecular weight excluding hydrogens is 354 g/mol. The summed E-state index contributed by atoms with van der Waals surface area (Å²) in [5.41, 5.74) is 0. The van der Waals surface area contributed by atoms with Gasteiger partial charge in [-0.2, -0.15) is 0 Å². The molecule has 2 unspecified atom stereocenters. The molecule has 6 nitrogen and oxygen atoms in total. The van der Waals surface area contributed by atoms with Crippen molar-refractivity contribution in [3.8, 4) is 0 Å². The van der Waals surface area contributed by atoms with Crippen molar-refractivity contribution in [1.82, 2.24) is 15.5 Å². The Kier molecular flexibility index (Phi) is 7.97. The second-order valence-electron chi connectivity index (χ2n) is 7.40. The molecule has 0 aromatic carbocycles. The highest BCUT2D eigenvalue weighted by atomic mass is 35.5. The fourth-order valence-corrected chi connectivity index (χ4v) is 3.89. The predicted octanol–water partition coefficient (Wildman–Crippen LogP) is 2.45. The first-order chi connectivity index (χ1) is 12.1. The standard InChI is InChI=1S/C19H29N3O3.ClH/c1-14(15-4-2-8-20-13-15)12-18(23)21-16-6-9-22(10-7-16)19(24)17-5-3-11-25-17;/h3,5,11,14-16,20H,2,4,6-10,12-13H2,1H3,(H,21,23);1H. The monoisotopic (exact) mass is 383 g/mol. The smallest absolute Gasteiger partial charge is 0.289 e. The summed E-state index contributed by atoms with van der Waals surface area (Å²) in [5, 5.41) is 6.58. The number of piperidine rings is 2. The Hall–Kier alpha value is -1.53. The maximum absolute atomic E-state index is 12.3. The lowest BCUT2D eigenvalue weighted by Crippen LogP contribution is -2.47. The molecular formula is C19H30ClN3O3. The van der Waals surface area contributed by atoms with Crippen molar-refractivity contribution in [2.24, 2.45) is 11.8 Å². The number of hydrogen-bond donors (Lipinski definition) is 2. The van der Waals surface area contributed by atoms with Gasteiger partial charge in [-0.15, -0.1) is 12.4 Å². The summed E-state index contributed by atoms with van der Waals surface area (Å²) < 4.78 is 5.18. The normalized spacial score (nSPS) is 22.3. The summed E-state index contributed by atoms with van der Waals surface area (Å²) in [6, 6.07) is 3.59. The van der Waals surface area contributed by atoms with E-state index in [-0.39, 0.29) is 30.3 Å². The molecule has 2 aliphatic rings. The van der Waals surface area contributed by atoms with Crippen LogP contribution >= 0.6 is 12.4 Å². The third-order valence-electron chi connectivity index (χ3n) is 5.53. The first-order valence-corrected chi connectivity index (χ1v) is 9.46. The van der Waals surface area contributed by atoms with E-state index in [9.17, 15) is 9.59 Å². The number of amides is 2. The predicted molar refractivity (Wildman–Crippen MR) is 102 cm³/mol. The summed E-state index contributed by atoms with van der Waals surface area (Å²) in [6.07, 6.45) is 6.14. The number of likely N-dealkylation sites (tertiary alicyclic amines) is 1. The minimum absolute atomic E-state index is 0. The molecule has 0 bridgehead atoms. The van der Waals surface area contributed by atoms with Crippen LogP contribution in [0.1, 0.15) is 49.6 Å². The Morgan fingerprint density at radius 3 is 2.73 bits per heavy atom. The molecule has 2 atom stereocenters. The largest absolute Gasteiger partial charge is 0.459 e. The maximum Gasteiger partial charge on any atom is 0.289 e. The molecule has 2 aliphatic heterocycles. The third kappa shape index (κ3) is 5.48. The van der Waals surface area contributed by atoms with Gasteiger partial charge in [-0.25, -0.2) is 0 Å². The fourth-order valence-electron chi connectivity index (χ4n) is 3.89. The average Bonchev–Trinajstić information content (AvgIpc) is 3.17. The van der Waals surface area contributed by atoms with Crippen LogP contribution in [0.4, 0.5) is 0 Å². The number of hydrogen-bond acceptors (Lipinski definition) is 4. The van der Waals surface area contributed by atoms with Crippen molar-refractivity contribution in [3.63, 3.8) is 0 Å². The van der Waals surface area contributed by atoms with E-state index in [0.29, 0.717) is 37.1 Å². The summed E-state index contributed by atoms with van der Waals surface area (Å²) in [6.45, 7) is 5.63. The van der Waals surface area contributed by atoms with Crippen molar-refractivity contribution in [3.05, 3.63) is 24.2 Å². The highest BCUT2D eigenvalue weighted by Crippen LogP contribution is 2.23. The third-order valence-corrected chi connectivity index (χ3v) is 5.53. The molecule has 3 heterocycles. The van der Waals surface area contributed by atoms with E-state index in [2.05, 4.69) is 17.6 Å². The molecule has 2 N–H and O–H groups in total. The molecule has 0 aliphatic carbocycles. The SMILES string of the molecule is CC(CC(=O)NC1CCN(C(=O)c2ccco2)CC1)C1CCCNC1.Cl. The molecule has 26 heavy (non-hydrogen) atoms. The van der Waals surface area contributed by atoms with Crippen LogP contribution in [-0.2, 0) is 4.79 Å². The number of halogens is 1. The number of nitrogens with zero attached hydrogens (tertiary/aromatic N) is 1. The molecule has 0 spiro atoms. The van der Waals surface area contributed by atoms with Gasteiger partial charge in [0.1, 0.15) is 0 Å². The van der Waals surface area contributed by atoms with E-state index in [0.717, 1.165) is 25.9 Å². The molecule has 146 valence electrons. The van der Waals surface area contributed by atoms with Gasteiger partial charge in [0.2, 0.25) is 5.91 Å². The van der Waals surface area contributed by atoms with Gasteiger partial charge in [-0.05, 0) is 62.7 Å². The summed E-state index contributed by atoms with van der Waals surface area (Å²) >= 11 is 0. The van der Waals surface area contributed by atoms with Gasteiger partial charge >= 0.3 is 0 Å². The number of nitrogens with one attached hydrogen (secondary N) is 2. The van der Waals surface area contributed by atoms with Gasteiger partial charge in [0.15, 0.2) is 5.76 Å². The van der Waals surface area contributed by atoms with Gasteiger partial charge in [-0.3, -0.25) is 9.59 Å². The molecule has 3 rings (SSSR count). The molecule has 0 radical (unpaired) electrons. The Labute approximate surface area is 161 Å². The van der Waals surface area contributed by atoms with Crippen LogP contribution in [-0.4, -0.2) is 48.9 Å². The van der Waals surface area contributed by atoms with Crippen LogP contribution < -0.4 is 10.6 Å². The second-order valence-corrected chi connectivity index (χ2v) is 7.40. The number of carbonyl (C=O) groups excluding carboxylic acids is 2. The summed E-state index contributed by atoms with van der Waals surface area (Å²) in [7, 11) is 0. The van der Waals surface area contributed by atoms with Crippen LogP contribution in [0.25, 0.3) is 0 Å². The number of rotatable bonds is 5. The van der Waals surface area contributed by atoms with Gasteiger partial charge in [0, 0.05) is 25.6 Å². The molecule has 2 saturated heterocycles. The van der Waals surface area contributed by atoms with E-state index < -0.39 is 0 Å². The fraction of sp³-hybridized carbons (Fsp3) is 0.684. The molecule has 1 aromatic heterocycles. The molecule has 2 fully saturated rings. The Morgan fingerprint density at radius 1 is 1.35 bits per heavy atom. The quantitative estimate of drug-likeness (QED) is 0.819. The highest BCUT2D eigenvalue weighted by molar-refractivity contribution is 5.91. The first-order valence-electron chi connectivity index (χ1n) is 9.46. The van der Waals surface area contributed by atoms with Gasteiger partial charge in [0.05, 0.1) is 6.26 Å². The maximum atomic E-state index is 12.3. The van der Waals surface area contributed by atoms with Crippen LogP contribution in [0.15, 0.2) is 22.8 Å². The van der Waals surface area contributed by atoms with Crippen LogP contribution in [0.3, 0.4) is 0 Å². The van der Waals surface area contributed by atoms with E-state index in [1.807, 2.05) is 0 Å². The van der Waals surface area contributed by atoms with Crippen molar-refractivity contribution < 1.29 is 14.0 Å². The highest BCUT2D eigenvalue weighted by Gasteiger charge is 2.27. The molecule has 1 aromatic rings. The van der Waals surface area contributed by atoms with Crippen molar-refractivity contribution >= 4 is 24.2 Å². The zero-order chi connectivity index (χ0) is 17.6. The first kappa shape index (κ1) is 20.8. The van der Waals surface area contributed by atoms with E-state index >= 15 is 0 Å². The molecule has 2 amide bonds. The lowest BCUT2D eigenvalue weighted by molar-refractivity contribution is -0.123. The zero-order valence-electron chi connectivity index (χ0n) is 15.4. The second kappa shape index (κ2) is 9.97. The Morgan fingerprint density at radius 2 is 2.12 bits per heavy atom. The minimum atomic E-state index is -0.0619. The lowest BCUT2D eigenvalue weighted by atomic mass is 9.85.